The van der Waals surface area contributed by atoms with Crippen LogP contribution in [0.1, 0.15) is 17.2 Å². The summed E-state index contributed by atoms with van der Waals surface area (Å²) in [6.45, 7) is 0.234. The van der Waals surface area contributed by atoms with E-state index in [9.17, 15) is 14.7 Å². The zero-order valence-electron chi connectivity index (χ0n) is 13.8. The van der Waals surface area contributed by atoms with Gasteiger partial charge in [-0.3, -0.25) is 4.79 Å². The lowest BCUT2D eigenvalue weighted by Gasteiger charge is -2.26. The lowest BCUT2D eigenvalue weighted by atomic mass is 9.95. The molecule has 2 aromatic carbocycles. The van der Waals surface area contributed by atoms with Gasteiger partial charge in [0.1, 0.15) is 18.1 Å². The first-order valence-electron chi connectivity index (χ1n) is 7.96. The van der Waals surface area contributed by atoms with Gasteiger partial charge in [-0.05, 0) is 35.7 Å². The van der Waals surface area contributed by atoms with Gasteiger partial charge in [0, 0.05) is 0 Å². The van der Waals surface area contributed by atoms with Crippen molar-refractivity contribution in [1.29, 1.82) is 0 Å². The van der Waals surface area contributed by atoms with Gasteiger partial charge >= 0.3 is 5.97 Å². The number of amides is 1. The highest BCUT2D eigenvalue weighted by Gasteiger charge is 2.30. The molecule has 2 N–H and O–H groups in total. The fourth-order valence-corrected chi connectivity index (χ4v) is 2.84. The molecule has 0 unspecified atom stereocenters. The molecule has 1 amide bonds. The molecule has 1 aliphatic rings. The van der Waals surface area contributed by atoms with E-state index in [-0.39, 0.29) is 12.5 Å². The maximum absolute atomic E-state index is 12.5. The summed E-state index contributed by atoms with van der Waals surface area (Å²) in [6, 6.07) is 13.0. The number of carboxylic acids is 1. The average Bonchev–Trinajstić information content (AvgIpc) is 2.65. The van der Waals surface area contributed by atoms with Gasteiger partial charge in [-0.25, -0.2) is 4.79 Å². The van der Waals surface area contributed by atoms with Gasteiger partial charge in [0.15, 0.2) is 6.04 Å². The van der Waals surface area contributed by atoms with E-state index in [0.717, 1.165) is 11.3 Å². The molecule has 1 heterocycles. The predicted molar refractivity (Wildman–Crippen MR) is 90.6 cm³/mol. The molecule has 0 radical (unpaired) electrons. The van der Waals surface area contributed by atoms with Crippen molar-refractivity contribution in [2.45, 2.75) is 12.5 Å². The second kappa shape index (κ2) is 7.25. The van der Waals surface area contributed by atoms with E-state index in [0.29, 0.717) is 17.7 Å². The Kier molecular flexibility index (Phi) is 4.88. The zero-order valence-corrected chi connectivity index (χ0v) is 13.8. The highest BCUT2D eigenvalue weighted by atomic mass is 16.5. The van der Waals surface area contributed by atoms with Gasteiger partial charge in [0.25, 0.3) is 0 Å². The number of carbonyl (C=O) groups is 2. The Morgan fingerprint density at radius 1 is 1.20 bits per heavy atom. The van der Waals surface area contributed by atoms with Crippen LogP contribution in [0.4, 0.5) is 0 Å². The van der Waals surface area contributed by atoms with Crippen LogP contribution < -0.4 is 14.8 Å². The number of ether oxygens (including phenoxy) is 2. The van der Waals surface area contributed by atoms with Crippen LogP contribution in [0.3, 0.4) is 0 Å². The second-order valence-electron chi connectivity index (χ2n) is 5.87. The third-order valence-electron chi connectivity index (χ3n) is 4.23. The number of carboxylic acid groups (broad SMARTS) is 1. The molecule has 1 aliphatic heterocycles. The molecule has 6 heteroatoms. The first kappa shape index (κ1) is 16.8. The lowest BCUT2D eigenvalue weighted by Crippen LogP contribution is -2.41. The molecule has 6 nitrogen and oxygen atoms in total. The molecule has 130 valence electrons. The Labute approximate surface area is 145 Å². The van der Waals surface area contributed by atoms with Gasteiger partial charge in [-0.15, -0.1) is 0 Å². The molecule has 0 aliphatic carbocycles. The molecule has 0 spiro atoms. The fraction of sp³-hybridized carbons (Fsp3) is 0.263. The molecule has 3 rings (SSSR count). The fourth-order valence-electron chi connectivity index (χ4n) is 2.84. The van der Waals surface area contributed by atoms with E-state index in [1.807, 2.05) is 24.3 Å². The van der Waals surface area contributed by atoms with Gasteiger partial charge in [-0.2, -0.15) is 0 Å². The SMILES string of the molecule is COc1ccc([C@H](NC(=O)[C@@H]2COc3ccccc3C2)C(=O)O)cc1. The van der Waals surface area contributed by atoms with E-state index >= 15 is 0 Å². The van der Waals surface area contributed by atoms with E-state index in [2.05, 4.69) is 5.32 Å². The number of hydrogen-bond donors (Lipinski definition) is 2. The summed E-state index contributed by atoms with van der Waals surface area (Å²) in [5.74, 6) is -0.476. The Morgan fingerprint density at radius 2 is 1.92 bits per heavy atom. The minimum absolute atomic E-state index is 0.234. The molecule has 0 fully saturated rings. The van der Waals surface area contributed by atoms with Crippen molar-refractivity contribution in [2.75, 3.05) is 13.7 Å². The molecule has 0 saturated heterocycles. The lowest BCUT2D eigenvalue weighted by molar-refractivity contribution is -0.143. The normalized spacial score (nSPS) is 16.9. The number of fused-ring (bicyclic) bond motifs is 1. The molecule has 0 saturated carbocycles. The number of para-hydroxylation sites is 1. The van der Waals surface area contributed by atoms with Crippen LogP contribution in [0.15, 0.2) is 48.5 Å². The molecule has 0 bridgehead atoms. The summed E-state index contributed by atoms with van der Waals surface area (Å²) in [6.07, 6.45) is 0.525. The van der Waals surface area contributed by atoms with Gasteiger partial charge in [-0.1, -0.05) is 30.3 Å². The molecule has 2 atom stereocenters. The van der Waals surface area contributed by atoms with Crippen LogP contribution in [-0.2, 0) is 16.0 Å². The van der Waals surface area contributed by atoms with E-state index in [1.165, 1.54) is 7.11 Å². The van der Waals surface area contributed by atoms with Crippen LogP contribution in [0, 0.1) is 5.92 Å². The third kappa shape index (κ3) is 3.74. The van der Waals surface area contributed by atoms with E-state index in [4.69, 9.17) is 9.47 Å². The highest BCUT2D eigenvalue weighted by molar-refractivity contribution is 5.86. The van der Waals surface area contributed by atoms with Crippen LogP contribution >= 0.6 is 0 Å². The van der Waals surface area contributed by atoms with Crippen molar-refractivity contribution in [2.24, 2.45) is 5.92 Å². The zero-order chi connectivity index (χ0) is 17.8. The summed E-state index contributed by atoms with van der Waals surface area (Å²) in [4.78, 5) is 24.1. The van der Waals surface area contributed by atoms with Gasteiger partial charge in [0.2, 0.25) is 5.91 Å². The minimum Gasteiger partial charge on any atom is -0.497 e. The van der Waals surface area contributed by atoms with Crippen LogP contribution in [0.2, 0.25) is 0 Å². The number of nitrogens with one attached hydrogen (secondary N) is 1. The summed E-state index contributed by atoms with van der Waals surface area (Å²) >= 11 is 0. The first-order valence-corrected chi connectivity index (χ1v) is 7.96. The Morgan fingerprint density at radius 3 is 2.60 bits per heavy atom. The standard InChI is InChI=1S/C19H19NO5/c1-24-15-8-6-12(7-9-15)17(19(22)23)20-18(21)14-10-13-4-2-3-5-16(13)25-11-14/h2-9,14,17H,10-11H2,1H3,(H,20,21)(H,22,23)/t14-,17-/m0/s1. The molecule has 0 aromatic heterocycles. The number of carbonyl (C=O) groups excluding carboxylic acids is 1. The third-order valence-corrected chi connectivity index (χ3v) is 4.23. The minimum atomic E-state index is -1.12. The first-order chi connectivity index (χ1) is 12.1. The smallest absolute Gasteiger partial charge is 0.330 e. The Hall–Kier alpha value is -3.02. The van der Waals surface area contributed by atoms with E-state index < -0.39 is 17.9 Å². The summed E-state index contributed by atoms with van der Waals surface area (Å²) in [7, 11) is 1.53. The largest absolute Gasteiger partial charge is 0.497 e. The molecule has 25 heavy (non-hydrogen) atoms. The van der Waals surface area contributed by atoms with Crippen molar-refractivity contribution in [1.82, 2.24) is 5.32 Å². The monoisotopic (exact) mass is 341 g/mol. The number of rotatable bonds is 5. The Balaban J connectivity index is 1.72. The number of methoxy groups -OCH3 is 1. The number of hydrogen-bond acceptors (Lipinski definition) is 4. The van der Waals surface area contributed by atoms with Crippen molar-refractivity contribution in [3.05, 3.63) is 59.7 Å². The topological polar surface area (TPSA) is 84.9 Å². The van der Waals surface area contributed by atoms with Crippen molar-refractivity contribution < 1.29 is 24.2 Å². The summed E-state index contributed by atoms with van der Waals surface area (Å²) in [5.41, 5.74) is 1.43. The van der Waals surface area contributed by atoms with E-state index in [1.54, 1.807) is 24.3 Å². The van der Waals surface area contributed by atoms with Gasteiger partial charge in [0.05, 0.1) is 13.0 Å². The maximum Gasteiger partial charge on any atom is 0.330 e. The van der Waals surface area contributed by atoms with Crippen molar-refractivity contribution in [3.63, 3.8) is 0 Å². The highest BCUT2D eigenvalue weighted by Crippen LogP contribution is 2.27. The van der Waals surface area contributed by atoms with Crippen molar-refractivity contribution in [3.8, 4) is 11.5 Å². The molecular formula is C19H19NO5. The predicted octanol–water partition coefficient (Wildman–Crippen LogP) is 2.19. The van der Waals surface area contributed by atoms with Gasteiger partial charge < -0.3 is 19.9 Å². The van der Waals surface area contributed by atoms with Crippen molar-refractivity contribution >= 4 is 11.9 Å². The second-order valence-corrected chi connectivity index (χ2v) is 5.87. The molecule has 2 aromatic rings. The van der Waals surface area contributed by atoms with Crippen LogP contribution in [0.5, 0.6) is 11.5 Å². The Bertz CT molecular complexity index is 772. The summed E-state index contributed by atoms with van der Waals surface area (Å²) in [5, 5.41) is 12.1. The number of aliphatic carboxylic acids is 1. The average molecular weight is 341 g/mol. The quantitative estimate of drug-likeness (QED) is 0.871. The maximum atomic E-state index is 12.5. The number of benzene rings is 2. The molecular weight excluding hydrogens is 322 g/mol. The summed E-state index contributed by atoms with van der Waals surface area (Å²) < 4.78 is 10.7. The van der Waals surface area contributed by atoms with Crippen LogP contribution in [0.25, 0.3) is 0 Å². The van der Waals surface area contributed by atoms with Crippen LogP contribution in [-0.4, -0.2) is 30.7 Å².